The largest absolute Gasteiger partial charge is 0.416 e. The van der Waals surface area contributed by atoms with E-state index in [-0.39, 0.29) is 12.2 Å². The van der Waals surface area contributed by atoms with Crippen LogP contribution in [0.4, 0.5) is 28.9 Å². The molecule has 4 aromatic carbocycles. The monoisotopic (exact) mass is 460 g/mol. The summed E-state index contributed by atoms with van der Waals surface area (Å²) in [5.74, 6) is -0.0669. The molecule has 5 rings (SSSR count). The number of halogens is 4. The summed E-state index contributed by atoms with van der Waals surface area (Å²) in [5.41, 5.74) is 4.30. The van der Waals surface area contributed by atoms with E-state index in [9.17, 15) is 17.6 Å². The Balaban J connectivity index is 1.60. The van der Waals surface area contributed by atoms with Gasteiger partial charge in [-0.3, -0.25) is 0 Å². The molecule has 4 aromatic rings. The summed E-state index contributed by atoms with van der Waals surface area (Å²) in [6.07, 6.45) is -4.47. The first-order chi connectivity index (χ1) is 16.3. The van der Waals surface area contributed by atoms with Gasteiger partial charge >= 0.3 is 6.18 Å². The van der Waals surface area contributed by atoms with Gasteiger partial charge in [0.05, 0.1) is 12.1 Å². The van der Waals surface area contributed by atoms with E-state index in [1.54, 1.807) is 23.1 Å². The first-order valence-electron chi connectivity index (χ1n) is 10.8. The maximum absolute atomic E-state index is 14.6. The van der Waals surface area contributed by atoms with Crippen molar-refractivity contribution in [2.24, 2.45) is 4.99 Å². The van der Waals surface area contributed by atoms with E-state index in [0.717, 1.165) is 28.8 Å². The quantitative estimate of drug-likeness (QED) is 0.284. The van der Waals surface area contributed by atoms with E-state index in [2.05, 4.69) is 11.1 Å². The maximum atomic E-state index is 14.6. The van der Waals surface area contributed by atoms with Gasteiger partial charge in [0.2, 0.25) is 0 Å². The molecular formula is C28H20F4N2. The van der Waals surface area contributed by atoms with Crippen LogP contribution in [0.3, 0.4) is 0 Å². The van der Waals surface area contributed by atoms with Crippen molar-refractivity contribution < 1.29 is 17.6 Å². The zero-order valence-electron chi connectivity index (χ0n) is 18.3. The Kier molecular flexibility index (Phi) is 5.44. The SMILES string of the molecule is Cc1cccc(-c2ccc(C3=Nc4c(F)cccc4CN3c3cccc(C(F)(F)F)c3)cc2)c1. The molecule has 0 radical (unpaired) electrons. The summed E-state index contributed by atoms with van der Waals surface area (Å²) in [7, 11) is 0. The summed E-state index contributed by atoms with van der Waals surface area (Å²) in [4.78, 5) is 6.26. The number of hydrogen-bond donors (Lipinski definition) is 0. The number of hydrogen-bond acceptors (Lipinski definition) is 2. The molecule has 2 nitrogen and oxygen atoms in total. The van der Waals surface area contributed by atoms with Crippen molar-refractivity contribution in [3.8, 4) is 11.1 Å². The lowest BCUT2D eigenvalue weighted by molar-refractivity contribution is -0.137. The van der Waals surface area contributed by atoms with Gasteiger partial charge in [0.25, 0.3) is 0 Å². The Labute approximate surface area is 194 Å². The molecule has 1 aliphatic rings. The molecule has 0 spiro atoms. The first-order valence-corrected chi connectivity index (χ1v) is 10.8. The molecule has 1 aliphatic heterocycles. The lowest BCUT2D eigenvalue weighted by atomic mass is 10.0. The number of rotatable bonds is 3. The summed E-state index contributed by atoms with van der Waals surface area (Å²) >= 11 is 0. The molecule has 0 bridgehead atoms. The molecule has 0 saturated heterocycles. The second-order valence-corrected chi connectivity index (χ2v) is 8.26. The topological polar surface area (TPSA) is 15.6 Å². The minimum atomic E-state index is -4.47. The predicted molar refractivity (Wildman–Crippen MR) is 127 cm³/mol. The van der Waals surface area contributed by atoms with E-state index in [4.69, 9.17) is 0 Å². The van der Waals surface area contributed by atoms with Crippen LogP contribution in [0.2, 0.25) is 0 Å². The zero-order valence-corrected chi connectivity index (χ0v) is 18.3. The molecule has 0 unspecified atom stereocenters. The highest BCUT2D eigenvalue weighted by atomic mass is 19.4. The smallest absolute Gasteiger partial charge is 0.321 e. The van der Waals surface area contributed by atoms with Gasteiger partial charge in [0, 0.05) is 16.8 Å². The molecule has 0 saturated carbocycles. The second kappa shape index (κ2) is 8.45. The van der Waals surface area contributed by atoms with Gasteiger partial charge in [0.15, 0.2) is 0 Å². The fraction of sp³-hybridized carbons (Fsp3) is 0.107. The van der Waals surface area contributed by atoms with Crippen molar-refractivity contribution in [2.75, 3.05) is 4.90 Å². The van der Waals surface area contributed by atoms with E-state index < -0.39 is 17.6 Å². The number of aryl methyl sites for hydroxylation is 1. The van der Waals surface area contributed by atoms with Gasteiger partial charge in [-0.15, -0.1) is 0 Å². The lowest BCUT2D eigenvalue weighted by Crippen LogP contribution is -2.34. The summed E-state index contributed by atoms with van der Waals surface area (Å²) in [6, 6.07) is 25.5. The van der Waals surface area contributed by atoms with Crippen LogP contribution in [0.1, 0.15) is 22.3 Å². The van der Waals surface area contributed by atoms with Crippen molar-refractivity contribution in [1.29, 1.82) is 0 Å². The Morgan fingerprint density at radius 2 is 1.47 bits per heavy atom. The van der Waals surface area contributed by atoms with Crippen molar-refractivity contribution in [3.05, 3.63) is 119 Å². The molecule has 0 atom stereocenters. The van der Waals surface area contributed by atoms with Crippen LogP contribution in [0.15, 0.2) is 96.0 Å². The summed E-state index contributed by atoms with van der Waals surface area (Å²) in [5, 5.41) is 0. The molecule has 0 fully saturated rings. The van der Waals surface area contributed by atoms with Gasteiger partial charge in [-0.05, 0) is 42.3 Å². The predicted octanol–water partition coefficient (Wildman–Crippen LogP) is 7.92. The third-order valence-electron chi connectivity index (χ3n) is 5.85. The minimum Gasteiger partial charge on any atom is -0.321 e. The van der Waals surface area contributed by atoms with E-state index in [1.807, 2.05) is 49.4 Å². The number of nitrogens with zero attached hydrogens (tertiary/aromatic N) is 2. The third-order valence-corrected chi connectivity index (χ3v) is 5.85. The fourth-order valence-corrected chi connectivity index (χ4v) is 4.14. The highest BCUT2D eigenvalue weighted by Gasteiger charge is 2.32. The van der Waals surface area contributed by atoms with E-state index >= 15 is 0 Å². The number of alkyl halides is 3. The third kappa shape index (κ3) is 4.19. The van der Waals surface area contributed by atoms with E-state index in [0.29, 0.717) is 22.6 Å². The van der Waals surface area contributed by atoms with Crippen LogP contribution in [-0.2, 0) is 12.7 Å². The van der Waals surface area contributed by atoms with Crippen molar-refractivity contribution in [3.63, 3.8) is 0 Å². The molecular weight excluding hydrogens is 440 g/mol. The van der Waals surface area contributed by atoms with Crippen molar-refractivity contribution in [2.45, 2.75) is 19.6 Å². The molecule has 0 N–H and O–H groups in total. The molecule has 0 aromatic heterocycles. The number of para-hydroxylation sites is 1. The average molecular weight is 460 g/mol. The standard InChI is InChI=1S/C28H20F4N2/c1-18-5-2-6-21(15-18)19-11-13-20(14-12-19)27-33-26-22(7-3-10-25(26)29)17-34(27)24-9-4-8-23(16-24)28(30,31)32/h2-16H,17H2,1H3. The summed E-state index contributed by atoms with van der Waals surface area (Å²) in [6.45, 7) is 2.22. The van der Waals surface area contributed by atoms with Crippen LogP contribution in [0.25, 0.3) is 11.1 Å². The second-order valence-electron chi connectivity index (χ2n) is 8.26. The Hall–Kier alpha value is -3.93. The van der Waals surface area contributed by atoms with Crippen molar-refractivity contribution in [1.82, 2.24) is 0 Å². The van der Waals surface area contributed by atoms with Crippen molar-refractivity contribution >= 4 is 17.2 Å². The molecule has 0 aliphatic carbocycles. The average Bonchev–Trinajstić information content (AvgIpc) is 2.83. The van der Waals surface area contributed by atoms with E-state index in [1.165, 1.54) is 12.1 Å². The van der Waals surface area contributed by atoms with Gasteiger partial charge in [-0.2, -0.15) is 13.2 Å². The molecule has 170 valence electrons. The number of amidine groups is 1. The van der Waals surface area contributed by atoms with Gasteiger partial charge in [-0.25, -0.2) is 9.38 Å². The van der Waals surface area contributed by atoms with Gasteiger partial charge in [-0.1, -0.05) is 72.3 Å². The highest BCUT2D eigenvalue weighted by Crippen LogP contribution is 2.36. The molecule has 6 heteroatoms. The van der Waals surface area contributed by atoms with Crippen LogP contribution in [-0.4, -0.2) is 5.84 Å². The minimum absolute atomic E-state index is 0.201. The molecule has 0 amide bonds. The maximum Gasteiger partial charge on any atom is 0.416 e. The number of fused-ring (bicyclic) bond motifs is 1. The Morgan fingerprint density at radius 3 is 2.21 bits per heavy atom. The normalized spacial score (nSPS) is 13.4. The fourth-order valence-electron chi connectivity index (χ4n) is 4.14. The Bertz CT molecular complexity index is 1390. The van der Waals surface area contributed by atoms with Crippen LogP contribution < -0.4 is 4.90 Å². The first kappa shape index (κ1) is 21.9. The number of benzene rings is 4. The zero-order chi connectivity index (χ0) is 23.9. The van der Waals surface area contributed by atoms with Crippen LogP contribution in [0.5, 0.6) is 0 Å². The van der Waals surface area contributed by atoms with Crippen LogP contribution >= 0.6 is 0 Å². The Morgan fingerprint density at radius 1 is 0.765 bits per heavy atom. The molecule has 34 heavy (non-hydrogen) atoms. The highest BCUT2D eigenvalue weighted by molar-refractivity contribution is 6.12. The lowest BCUT2D eigenvalue weighted by Gasteiger charge is -2.31. The summed E-state index contributed by atoms with van der Waals surface area (Å²) < 4.78 is 54.7. The van der Waals surface area contributed by atoms with Gasteiger partial charge in [0.1, 0.15) is 17.3 Å². The number of aliphatic imine (C=N–C) groups is 1. The molecule has 1 heterocycles. The number of anilines is 1. The van der Waals surface area contributed by atoms with Gasteiger partial charge < -0.3 is 4.90 Å². The van der Waals surface area contributed by atoms with Crippen LogP contribution in [0, 0.1) is 12.7 Å².